The highest BCUT2D eigenvalue weighted by Crippen LogP contribution is 2.29. The molecule has 0 aromatic carbocycles. The Morgan fingerprint density at radius 3 is 2.33 bits per heavy atom. The van der Waals surface area contributed by atoms with Crippen molar-refractivity contribution in [2.75, 3.05) is 32.8 Å². The monoisotopic (exact) mass is 266 g/mol. The first-order valence-electron chi connectivity index (χ1n) is 6.68. The number of rotatable bonds is 6. The van der Waals surface area contributed by atoms with Gasteiger partial charge in [0, 0.05) is 12.6 Å². The molecule has 0 aromatic rings. The van der Waals surface area contributed by atoms with Crippen molar-refractivity contribution >= 4 is 0 Å². The van der Waals surface area contributed by atoms with Gasteiger partial charge < -0.3 is 10.1 Å². The standard InChI is InChI=1S/C12H21F3N2O/c13-12(14,15)9-17(10-1-2-10)7-8-18-11-3-5-16-6-4-11/h10-11,16H,1-9H2. The molecule has 1 saturated carbocycles. The summed E-state index contributed by atoms with van der Waals surface area (Å²) in [6.07, 6.45) is -0.173. The number of halogens is 3. The van der Waals surface area contributed by atoms with Crippen LogP contribution in [0.3, 0.4) is 0 Å². The average Bonchev–Trinajstić information content (AvgIpc) is 3.11. The molecule has 2 aliphatic rings. The van der Waals surface area contributed by atoms with Gasteiger partial charge >= 0.3 is 6.18 Å². The van der Waals surface area contributed by atoms with Crippen LogP contribution in [-0.4, -0.2) is 56.0 Å². The minimum absolute atomic E-state index is 0.128. The minimum atomic E-state index is -4.10. The third-order valence-corrected chi connectivity index (χ3v) is 3.46. The molecule has 18 heavy (non-hydrogen) atoms. The number of hydrogen-bond acceptors (Lipinski definition) is 3. The summed E-state index contributed by atoms with van der Waals surface area (Å²) in [4.78, 5) is 1.51. The Morgan fingerprint density at radius 1 is 1.11 bits per heavy atom. The lowest BCUT2D eigenvalue weighted by atomic mass is 10.1. The molecule has 3 nitrogen and oxygen atoms in total. The maximum atomic E-state index is 12.4. The lowest BCUT2D eigenvalue weighted by Gasteiger charge is -2.26. The maximum Gasteiger partial charge on any atom is 0.401 e. The Hall–Kier alpha value is -0.330. The minimum Gasteiger partial charge on any atom is -0.377 e. The molecule has 1 N–H and O–H groups in total. The summed E-state index contributed by atoms with van der Waals surface area (Å²) < 4.78 is 42.8. The number of nitrogens with one attached hydrogen (secondary N) is 1. The van der Waals surface area contributed by atoms with Crippen LogP contribution in [0.2, 0.25) is 0 Å². The number of hydrogen-bond donors (Lipinski definition) is 1. The molecule has 2 fully saturated rings. The highest BCUT2D eigenvalue weighted by molar-refractivity contribution is 4.85. The molecule has 106 valence electrons. The van der Waals surface area contributed by atoms with Crippen LogP contribution in [0.1, 0.15) is 25.7 Å². The summed E-state index contributed by atoms with van der Waals surface area (Å²) in [5, 5.41) is 3.23. The molecule has 0 unspecified atom stereocenters. The second kappa shape index (κ2) is 6.21. The summed E-state index contributed by atoms with van der Waals surface area (Å²) in [5.41, 5.74) is 0. The van der Waals surface area contributed by atoms with Gasteiger partial charge in [0.15, 0.2) is 0 Å². The van der Waals surface area contributed by atoms with Crippen molar-refractivity contribution in [1.82, 2.24) is 10.2 Å². The molecule has 6 heteroatoms. The first-order chi connectivity index (χ1) is 8.54. The number of piperidine rings is 1. The Labute approximate surface area is 106 Å². The lowest BCUT2D eigenvalue weighted by Crippen LogP contribution is -2.39. The Morgan fingerprint density at radius 2 is 1.78 bits per heavy atom. The third-order valence-electron chi connectivity index (χ3n) is 3.46. The first kappa shape index (κ1) is 14.1. The van der Waals surface area contributed by atoms with E-state index in [1.807, 2.05) is 0 Å². The van der Waals surface area contributed by atoms with Gasteiger partial charge in [0.05, 0.1) is 19.3 Å². The van der Waals surface area contributed by atoms with Gasteiger partial charge in [-0.15, -0.1) is 0 Å². The lowest BCUT2D eigenvalue weighted by molar-refractivity contribution is -0.149. The Bertz CT molecular complexity index is 250. The van der Waals surface area contributed by atoms with Crippen molar-refractivity contribution in [1.29, 1.82) is 0 Å². The molecule has 0 radical (unpaired) electrons. The molecule has 1 aliphatic carbocycles. The fourth-order valence-electron chi connectivity index (χ4n) is 2.36. The maximum absolute atomic E-state index is 12.4. The van der Waals surface area contributed by atoms with Gasteiger partial charge in [0.25, 0.3) is 0 Å². The van der Waals surface area contributed by atoms with Gasteiger partial charge in [-0.3, -0.25) is 4.90 Å². The van der Waals surface area contributed by atoms with E-state index in [1.54, 1.807) is 0 Å². The van der Waals surface area contributed by atoms with Crippen LogP contribution in [0.15, 0.2) is 0 Å². The van der Waals surface area contributed by atoms with Crippen molar-refractivity contribution in [2.24, 2.45) is 0 Å². The predicted octanol–water partition coefficient (Wildman–Crippen LogP) is 1.78. The van der Waals surface area contributed by atoms with E-state index in [0.717, 1.165) is 38.8 Å². The van der Waals surface area contributed by atoms with Crippen LogP contribution in [0.5, 0.6) is 0 Å². The molecule has 1 saturated heterocycles. The number of ether oxygens (including phenoxy) is 1. The van der Waals surface area contributed by atoms with Crippen LogP contribution in [0.4, 0.5) is 13.2 Å². The molecular weight excluding hydrogens is 245 g/mol. The van der Waals surface area contributed by atoms with Crippen LogP contribution < -0.4 is 5.32 Å². The second-order valence-electron chi connectivity index (χ2n) is 5.14. The van der Waals surface area contributed by atoms with Gasteiger partial charge in [-0.05, 0) is 38.8 Å². The van der Waals surface area contributed by atoms with E-state index in [4.69, 9.17) is 4.74 Å². The molecule has 0 aromatic heterocycles. The van der Waals surface area contributed by atoms with Crippen LogP contribution in [0, 0.1) is 0 Å². The average molecular weight is 266 g/mol. The van der Waals surface area contributed by atoms with E-state index >= 15 is 0 Å². The summed E-state index contributed by atoms with van der Waals surface area (Å²) in [7, 11) is 0. The second-order valence-corrected chi connectivity index (χ2v) is 5.14. The van der Waals surface area contributed by atoms with Gasteiger partial charge in [-0.2, -0.15) is 13.2 Å². The predicted molar refractivity (Wildman–Crippen MR) is 62.5 cm³/mol. The Kier molecular flexibility index (Phi) is 4.86. The molecule has 1 heterocycles. The summed E-state index contributed by atoms with van der Waals surface area (Å²) in [5.74, 6) is 0. The molecule has 0 spiro atoms. The topological polar surface area (TPSA) is 24.5 Å². The third kappa shape index (κ3) is 5.12. The van der Waals surface area contributed by atoms with E-state index < -0.39 is 12.7 Å². The van der Waals surface area contributed by atoms with Gasteiger partial charge in [0.2, 0.25) is 0 Å². The van der Waals surface area contributed by atoms with Gasteiger partial charge in [-0.1, -0.05) is 0 Å². The largest absolute Gasteiger partial charge is 0.401 e. The fourth-order valence-corrected chi connectivity index (χ4v) is 2.36. The van der Waals surface area contributed by atoms with Crippen LogP contribution in [-0.2, 0) is 4.74 Å². The van der Waals surface area contributed by atoms with E-state index in [9.17, 15) is 13.2 Å². The zero-order valence-electron chi connectivity index (χ0n) is 10.5. The number of nitrogens with zero attached hydrogens (tertiary/aromatic N) is 1. The molecule has 2 rings (SSSR count). The van der Waals surface area contributed by atoms with Crippen molar-refractivity contribution in [3.8, 4) is 0 Å². The SMILES string of the molecule is FC(F)(F)CN(CCOC1CCNCC1)C1CC1. The Balaban J connectivity index is 1.65. The molecule has 0 atom stereocenters. The van der Waals surface area contributed by atoms with E-state index in [-0.39, 0.29) is 12.1 Å². The van der Waals surface area contributed by atoms with Crippen LogP contribution >= 0.6 is 0 Å². The zero-order valence-corrected chi connectivity index (χ0v) is 10.5. The van der Waals surface area contributed by atoms with E-state index in [1.165, 1.54) is 4.90 Å². The summed E-state index contributed by atoms with van der Waals surface area (Å²) >= 11 is 0. The smallest absolute Gasteiger partial charge is 0.377 e. The summed E-state index contributed by atoms with van der Waals surface area (Å²) in [6.45, 7) is 1.90. The molecule has 1 aliphatic heterocycles. The normalized spacial score (nSPS) is 22.7. The van der Waals surface area contributed by atoms with Gasteiger partial charge in [-0.25, -0.2) is 0 Å². The van der Waals surface area contributed by atoms with E-state index in [0.29, 0.717) is 13.2 Å². The van der Waals surface area contributed by atoms with Crippen molar-refractivity contribution in [3.63, 3.8) is 0 Å². The quantitative estimate of drug-likeness (QED) is 0.793. The summed E-state index contributed by atoms with van der Waals surface area (Å²) in [6, 6.07) is 0.128. The highest BCUT2D eigenvalue weighted by Gasteiger charge is 2.37. The van der Waals surface area contributed by atoms with Crippen molar-refractivity contribution in [3.05, 3.63) is 0 Å². The molecule has 0 bridgehead atoms. The zero-order chi connectivity index (χ0) is 13.0. The fraction of sp³-hybridized carbons (Fsp3) is 1.00. The van der Waals surface area contributed by atoms with Crippen LogP contribution in [0.25, 0.3) is 0 Å². The number of alkyl halides is 3. The van der Waals surface area contributed by atoms with Crippen molar-refractivity contribution in [2.45, 2.75) is 44.0 Å². The first-order valence-corrected chi connectivity index (χ1v) is 6.68. The van der Waals surface area contributed by atoms with Crippen molar-refractivity contribution < 1.29 is 17.9 Å². The molecule has 0 amide bonds. The van der Waals surface area contributed by atoms with Gasteiger partial charge in [0.1, 0.15) is 0 Å². The van der Waals surface area contributed by atoms with E-state index in [2.05, 4.69) is 5.32 Å². The molecular formula is C12H21F3N2O. The highest BCUT2D eigenvalue weighted by atomic mass is 19.4.